The van der Waals surface area contributed by atoms with Crippen LogP contribution in [0.3, 0.4) is 0 Å². The highest BCUT2D eigenvalue weighted by Crippen LogP contribution is 1.54. The fraction of sp³-hybridized carbons (Fsp3) is 0.500. The molecule has 0 atom stereocenters. The number of hydroxylamine groups is 1. The molecule has 4 N–H and O–H groups in total. The summed E-state index contributed by atoms with van der Waals surface area (Å²) in [5.41, 5.74) is 1.93. The first-order chi connectivity index (χ1) is 3.27. The molecule has 0 aliphatic heterocycles. The van der Waals surface area contributed by atoms with E-state index in [9.17, 15) is 4.79 Å². The van der Waals surface area contributed by atoms with Gasteiger partial charge in [0, 0.05) is 0 Å². The molecule has 0 heterocycles. The lowest BCUT2D eigenvalue weighted by molar-refractivity contribution is -0.138. The summed E-state index contributed by atoms with van der Waals surface area (Å²) < 4.78 is 0. The van der Waals surface area contributed by atoms with Gasteiger partial charge < -0.3 is 5.11 Å². The van der Waals surface area contributed by atoms with E-state index in [-0.39, 0.29) is 6.54 Å². The number of carbonyl (C=O) groups is 1. The van der Waals surface area contributed by atoms with Crippen molar-refractivity contribution in [3.05, 3.63) is 0 Å². The average molecular weight is 106 g/mol. The molecule has 0 rings (SSSR count). The van der Waals surface area contributed by atoms with Gasteiger partial charge in [0.2, 0.25) is 0 Å². The summed E-state index contributed by atoms with van der Waals surface area (Å²) in [6, 6.07) is 0. The van der Waals surface area contributed by atoms with Gasteiger partial charge in [-0.3, -0.25) is 4.79 Å². The molecular formula is C2H6N2O3. The summed E-state index contributed by atoms with van der Waals surface area (Å²) in [5, 5.41) is 7.85. The van der Waals surface area contributed by atoms with E-state index in [1.54, 1.807) is 0 Å². The monoisotopic (exact) mass is 106 g/mol. The summed E-state index contributed by atoms with van der Waals surface area (Å²) in [7, 11) is 0. The second-order valence-electron chi connectivity index (χ2n) is 0.833. The summed E-state index contributed by atoms with van der Waals surface area (Å²) in [4.78, 5) is 13.3. The van der Waals surface area contributed by atoms with Gasteiger partial charge >= 0.3 is 5.97 Å². The first-order valence-corrected chi connectivity index (χ1v) is 1.57. The second kappa shape index (κ2) is 3.54. The Morgan fingerprint density at radius 3 is 2.71 bits per heavy atom. The van der Waals surface area contributed by atoms with Gasteiger partial charge in [-0.25, -0.2) is 4.94 Å². The molecule has 0 aromatic carbocycles. The van der Waals surface area contributed by atoms with Crippen molar-refractivity contribution in [1.82, 2.24) is 5.48 Å². The van der Waals surface area contributed by atoms with Crippen LogP contribution in [0.4, 0.5) is 0 Å². The Hall–Kier alpha value is -0.650. The van der Waals surface area contributed by atoms with Crippen molar-refractivity contribution in [3.63, 3.8) is 0 Å². The number of carboxylic acid groups (broad SMARTS) is 1. The van der Waals surface area contributed by atoms with Crippen LogP contribution in [0, 0.1) is 0 Å². The minimum atomic E-state index is -1.01. The summed E-state index contributed by atoms with van der Waals surface area (Å²) in [6.07, 6.45) is 0. The van der Waals surface area contributed by atoms with E-state index in [2.05, 4.69) is 10.8 Å². The van der Waals surface area contributed by atoms with Crippen LogP contribution < -0.4 is 11.4 Å². The number of nitrogens with one attached hydrogen (secondary N) is 1. The van der Waals surface area contributed by atoms with Crippen LogP contribution in [-0.2, 0) is 9.73 Å². The highest BCUT2D eigenvalue weighted by molar-refractivity contribution is 5.68. The number of hydrogen-bond donors (Lipinski definition) is 3. The fourth-order valence-corrected chi connectivity index (χ4v) is 0.103. The van der Waals surface area contributed by atoms with E-state index in [1.807, 2.05) is 5.48 Å². The van der Waals surface area contributed by atoms with Crippen LogP contribution in [0.25, 0.3) is 0 Å². The molecule has 0 saturated heterocycles. The van der Waals surface area contributed by atoms with E-state index < -0.39 is 5.97 Å². The third-order valence-electron chi connectivity index (χ3n) is 0.307. The molecule has 0 bridgehead atoms. The van der Waals surface area contributed by atoms with Gasteiger partial charge in [-0.1, -0.05) is 0 Å². The van der Waals surface area contributed by atoms with Gasteiger partial charge in [0.15, 0.2) is 0 Å². The number of carboxylic acids is 1. The fourth-order valence-electron chi connectivity index (χ4n) is 0.103. The van der Waals surface area contributed by atoms with Gasteiger partial charge in [0.1, 0.15) is 6.54 Å². The predicted octanol–water partition coefficient (Wildman–Crippen LogP) is -1.53. The topological polar surface area (TPSA) is 84.6 Å². The summed E-state index contributed by atoms with van der Waals surface area (Å²) in [6.45, 7) is -0.281. The molecule has 7 heavy (non-hydrogen) atoms. The van der Waals surface area contributed by atoms with Crippen molar-refractivity contribution in [2.75, 3.05) is 6.54 Å². The Balaban J connectivity index is 2.82. The first-order valence-electron chi connectivity index (χ1n) is 1.57. The van der Waals surface area contributed by atoms with Crippen molar-refractivity contribution < 1.29 is 14.8 Å². The average Bonchev–Trinajstić information content (AvgIpc) is 1.61. The Morgan fingerprint density at radius 1 is 2.00 bits per heavy atom. The number of aliphatic carboxylic acids is 1. The number of rotatable bonds is 3. The van der Waals surface area contributed by atoms with Crippen molar-refractivity contribution in [1.29, 1.82) is 0 Å². The molecule has 0 unspecified atom stereocenters. The summed E-state index contributed by atoms with van der Waals surface area (Å²) >= 11 is 0. The Morgan fingerprint density at radius 2 is 2.57 bits per heavy atom. The van der Waals surface area contributed by atoms with E-state index >= 15 is 0 Å². The first kappa shape index (κ1) is 6.35. The van der Waals surface area contributed by atoms with Gasteiger partial charge in [-0.2, -0.15) is 11.4 Å². The molecule has 5 heteroatoms. The van der Waals surface area contributed by atoms with E-state index in [0.717, 1.165) is 0 Å². The van der Waals surface area contributed by atoms with Crippen molar-refractivity contribution >= 4 is 5.97 Å². The van der Waals surface area contributed by atoms with Crippen LogP contribution in [0.2, 0.25) is 0 Å². The van der Waals surface area contributed by atoms with Crippen molar-refractivity contribution in [2.45, 2.75) is 0 Å². The maximum absolute atomic E-state index is 9.56. The molecule has 0 radical (unpaired) electrons. The van der Waals surface area contributed by atoms with E-state index in [0.29, 0.717) is 0 Å². The van der Waals surface area contributed by atoms with Crippen LogP contribution in [0.1, 0.15) is 0 Å². The molecule has 0 aromatic rings. The molecule has 0 aromatic heterocycles. The lowest BCUT2D eigenvalue weighted by Gasteiger charge is -1.90. The van der Waals surface area contributed by atoms with Crippen molar-refractivity contribution in [2.24, 2.45) is 5.90 Å². The molecule has 0 spiro atoms. The molecule has 0 aliphatic rings. The van der Waals surface area contributed by atoms with Gasteiger partial charge in [0.25, 0.3) is 0 Å². The van der Waals surface area contributed by atoms with Crippen LogP contribution in [-0.4, -0.2) is 17.6 Å². The third-order valence-corrected chi connectivity index (χ3v) is 0.307. The maximum atomic E-state index is 9.56. The van der Waals surface area contributed by atoms with Gasteiger partial charge in [-0.15, -0.1) is 0 Å². The molecule has 0 fully saturated rings. The van der Waals surface area contributed by atoms with Crippen LogP contribution in [0.15, 0.2) is 0 Å². The van der Waals surface area contributed by atoms with Crippen LogP contribution in [0.5, 0.6) is 0 Å². The molecular weight excluding hydrogens is 100 g/mol. The smallest absolute Gasteiger partial charge is 0.319 e. The SMILES string of the molecule is NONCC(=O)O. The molecule has 5 nitrogen and oxygen atoms in total. The lowest BCUT2D eigenvalue weighted by Crippen LogP contribution is -2.25. The Kier molecular flexibility index (Phi) is 3.21. The highest BCUT2D eigenvalue weighted by atomic mass is 16.8. The Bertz CT molecular complexity index is 64.0. The zero-order chi connectivity index (χ0) is 5.70. The minimum absolute atomic E-state index is 0.281. The number of nitrogens with two attached hydrogens (primary N) is 1. The van der Waals surface area contributed by atoms with Gasteiger partial charge in [-0.05, 0) is 0 Å². The predicted molar refractivity (Wildman–Crippen MR) is 20.9 cm³/mol. The van der Waals surface area contributed by atoms with E-state index in [4.69, 9.17) is 5.11 Å². The van der Waals surface area contributed by atoms with Crippen LogP contribution >= 0.6 is 0 Å². The third kappa shape index (κ3) is 5.35. The zero-order valence-corrected chi connectivity index (χ0v) is 3.55. The van der Waals surface area contributed by atoms with Gasteiger partial charge in [0.05, 0.1) is 0 Å². The Labute approximate surface area is 40.0 Å². The molecule has 42 valence electrons. The lowest BCUT2D eigenvalue weighted by atomic mass is 10.7. The molecule has 0 amide bonds. The van der Waals surface area contributed by atoms with Crippen molar-refractivity contribution in [3.8, 4) is 0 Å². The maximum Gasteiger partial charge on any atom is 0.319 e. The quantitative estimate of drug-likeness (QED) is 0.380. The normalized spacial score (nSPS) is 8.71. The second-order valence-corrected chi connectivity index (χ2v) is 0.833. The number of hydrogen-bond acceptors (Lipinski definition) is 4. The molecule has 0 saturated carbocycles. The van der Waals surface area contributed by atoms with E-state index in [1.165, 1.54) is 0 Å². The standard InChI is InChI=1S/C2H6N2O3/c3-7-4-1-2(5)6/h4H,1,3H2,(H,5,6). The largest absolute Gasteiger partial charge is 0.480 e. The molecule has 0 aliphatic carbocycles. The minimum Gasteiger partial charge on any atom is -0.480 e. The highest BCUT2D eigenvalue weighted by Gasteiger charge is 1.90. The summed E-state index contributed by atoms with van der Waals surface area (Å²) in [5.74, 6) is 3.39. The zero-order valence-electron chi connectivity index (χ0n) is 3.55.